The molecule has 0 aliphatic heterocycles. The average Bonchev–Trinajstić information content (AvgIpc) is 2.53. The molecule has 2 rings (SSSR count). The van der Waals surface area contributed by atoms with Gasteiger partial charge in [-0.2, -0.15) is 0 Å². The lowest BCUT2D eigenvalue weighted by Crippen LogP contribution is -2.29. The van der Waals surface area contributed by atoms with Crippen LogP contribution in [0.2, 0.25) is 0 Å². The standard InChI is InChI=1S/C16H17BrN2O2/c1-21-13-7-8-14(17)15(9-13)18-11-16(20)19-10-12-5-3-2-4-6-12/h2-9,18H,10-11H2,1H3,(H,19,20). The van der Waals surface area contributed by atoms with Crippen molar-refractivity contribution in [3.8, 4) is 5.75 Å². The average molecular weight is 349 g/mol. The number of amides is 1. The predicted octanol–water partition coefficient (Wildman–Crippen LogP) is 3.19. The van der Waals surface area contributed by atoms with Crippen LogP contribution in [0.3, 0.4) is 0 Å². The second-order valence-corrected chi connectivity index (χ2v) is 5.32. The normalized spacial score (nSPS) is 10.0. The van der Waals surface area contributed by atoms with Gasteiger partial charge in [-0.25, -0.2) is 0 Å². The third-order valence-electron chi connectivity index (χ3n) is 2.95. The van der Waals surface area contributed by atoms with Crippen LogP contribution in [-0.4, -0.2) is 19.6 Å². The molecule has 4 nitrogen and oxygen atoms in total. The Morgan fingerprint density at radius 1 is 1.19 bits per heavy atom. The monoisotopic (exact) mass is 348 g/mol. The molecule has 0 bridgehead atoms. The van der Waals surface area contributed by atoms with E-state index in [-0.39, 0.29) is 12.5 Å². The Morgan fingerprint density at radius 3 is 2.67 bits per heavy atom. The van der Waals surface area contributed by atoms with Gasteiger partial charge in [0.2, 0.25) is 5.91 Å². The van der Waals surface area contributed by atoms with E-state index in [1.54, 1.807) is 7.11 Å². The minimum absolute atomic E-state index is 0.0615. The molecule has 0 radical (unpaired) electrons. The second kappa shape index (κ2) is 7.69. The van der Waals surface area contributed by atoms with Gasteiger partial charge in [-0.15, -0.1) is 0 Å². The summed E-state index contributed by atoms with van der Waals surface area (Å²) in [5.74, 6) is 0.680. The number of carbonyl (C=O) groups excluding carboxylic acids is 1. The van der Waals surface area contributed by atoms with Crippen molar-refractivity contribution in [3.05, 3.63) is 58.6 Å². The summed E-state index contributed by atoms with van der Waals surface area (Å²) in [4.78, 5) is 11.8. The van der Waals surface area contributed by atoms with Gasteiger partial charge in [0, 0.05) is 17.1 Å². The molecular formula is C16H17BrN2O2. The van der Waals surface area contributed by atoms with Crippen molar-refractivity contribution in [2.75, 3.05) is 19.0 Å². The number of methoxy groups -OCH3 is 1. The molecule has 0 fully saturated rings. The molecule has 5 heteroatoms. The van der Waals surface area contributed by atoms with Gasteiger partial charge in [0.1, 0.15) is 5.75 Å². The van der Waals surface area contributed by atoms with Crippen LogP contribution >= 0.6 is 15.9 Å². The molecule has 110 valence electrons. The first kappa shape index (κ1) is 15.4. The molecule has 0 aliphatic rings. The zero-order valence-electron chi connectivity index (χ0n) is 11.7. The summed E-state index contributed by atoms with van der Waals surface area (Å²) >= 11 is 3.44. The molecule has 2 aromatic rings. The molecule has 21 heavy (non-hydrogen) atoms. The van der Waals surface area contributed by atoms with Crippen LogP contribution in [0.15, 0.2) is 53.0 Å². The third-order valence-corrected chi connectivity index (χ3v) is 3.64. The highest BCUT2D eigenvalue weighted by Crippen LogP contribution is 2.26. The Bertz CT molecular complexity index is 602. The fourth-order valence-corrected chi connectivity index (χ4v) is 2.19. The first-order valence-corrected chi connectivity index (χ1v) is 7.36. The fraction of sp³-hybridized carbons (Fsp3) is 0.188. The van der Waals surface area contributed by atoms with E-state index in [1.165, 1.54) is 0 Å². The molecule has 1 amide bonds. The van der Waals surface area contributed by atoms with Gasteiger partial charge in [-0.1, -0.05) is 30.3 Å². The summed E-state index contributed by atoms with van der Waals surface area (Å²) in [6.45, 7) is 0.735. The number of nitrogens with one attached hydrogen (secondary N) is 2. The van der Waals surface area contributed by atoms with E-state index < -0.39 is 0 Å². The Kier molecular flexibility index (Phi) is 5.63. The predicted molar refractivity (Wildman–Crippen MR) is 87.5 cm³/mol. The SMILES string of the molecule is COc1ccc(Br)c(NCC(=O)NCc2ccccc2)c1. The molecule has 0 spiro atoms. The minimum atomic E-state index is -0.0615. The molecule has 0 saturated carbocycles. The smallest absolute Gasteiger partial charge is 0.239 e. The molecule has 0 aromatic heterocycles. The van der Waals surface area contributed by atoms with E-state index in [2.05, 4.69) is 26.6 Å². The van der Waals surface area contributed by atoms with Crippen molar-refractivity contribution in [1.82, 2.24) is 5.32 Å². The Balaban J connectivity index is 1.84. The highest BCUT2D eigenvalue weighted by molar-refractivity contribution is 9.10. The quantitative estimate of drug-likeness (QED) is 0.842. The van der Waals surface area contributed by atoms with Crippen molar-refractivity contribution >= 4 is 27.5 Å². The zero-order chi connectivity index (χ0) is 15.1. The van der Waals surface area contributed by atoms with Crippen molar-refractivity contribution in [2.24, 2.45) is 0 Å². The maximum atomic E-state index is 11.8. The highest BCUT2D eigenvalue weighted by atomic mass is 79.9. The molecular weight excluding hydrogens is 332 g/mol. The van der Waals surface area contributed by atoms with Crippen LogP contribution in [0, 0.1) is 0 Å². The molecule has 2 N–H and O–H groups in total. The molecule has 2 aromatic carbocycles. The topological polar surface area (TPSA) is 50.4 Å². The summed E-state index contributed by atoms with van der Waals surface area (Å²) in [5, 5.41) is 5.95. The van der Waals surface area contributed by atoms with Gasteiger partial charge >= 0.3 is 0 Å². The fourth-order valence-electron chi connectivity index (χ4n) is 1.80. The van der Waals surface area contributed by atoms with Gasteiger partial charge in [-0.05, 0) is 33.6 Å². The van der Waals surface area contributed by atoms with Gasteiger partial charge < -0.3 is 15.4 Å². The van der Waals surface area contributed by atoms with Crippen molar-refractivity contribution in [3.63, 3.8) is 0 Å². The van der Waals surface area contributed by atoms with E-state index in [0.29, 0.717) is 6.54 Å². The highest BCUT2D eigenvalue weighted by Gasteiger charge is 2.05. The van der Waals surface area contributed by atoms with Crippen molar-refractivity contribution in [2.45, 2.75) is 6.54 Å². The minimum Gasteiger partial charge on any atom is -0.497 e. The van der Waals surface area contributed by atoms with E-state index >= 15 is 0 Å². The Morgan fingerprint density at radius 2 is 1.95 bits per heavy atom. The number of halogens is 1. The van der Waals surface area contributed by atoms with Gasteiger partial charge in [0.05, 0.1) is 19.3 Å². The Labute approximate surface area is 132 Å². The van der Waals surface area contributed by atoms with E-state index in [0.717, 1.165) is 21.5 Å². The summed E-state index contributed by atoms with van der Waals surface area (Å²) in [6, 6.07) is 15.4. The van der Waals surface area contributed by atoms with Crippen LogP contribution < -0.4 is 15.4 Å². The number of hydrogen-bond acceptors (Lipinski definition) is 3. The number of ether oxygens (including phenoxy) is 1. The number of hydrogen-bond donors (Lipinski definition) is 2. The third kappa shape index (κ3) is 4.79. The van der Waals surface area contributed by atoms with E-state index in [9.17, 15) is 4.79 Å². The number of carbonyl (C=O) groups is 1. The number of rotatable bonds is 6. The second-order valence-electron chi connectivity index (χ2n) is 4.46. The van der Waals surface area contributed by atoms with Crippen LogP contribution in [0.25, 0.3) is 0 Å². The van der Waals surface area contributed by atoms with Crippen molar-refractivity contribution in [1.29, 1.82) is 0 Å². The van der Waals surface area contributed by atoms with Crippen LogP contribution in [0.5, 0.6) is 5.75 Å². The maximum Gasteiger partial charge on any atom is 0.239 e. The molecule has 0 heterocycles. The molecule has 0 atom stereocenters. The number of benzene rings is 2. The summed E-state index contributed by atoms with van der Waals surface area (Å²) < 4.78 is 6.05. The summed E-state index contributed by atoms with van der Waals surface area (Å²) in [6.07, 6.45) is 0. The van der Waals surface area contributed by atoms with Gasteiger partial charge in [0.15, 0.2) is 0 Å². The molecule has 0 aliphatic carbocycles. The first-order valence-electron chi connectivity index (χ1n) is 6.57. The Hall–Kier alpha value is -2.01. The lowest BCUT2D eigenvalue weighted by molar-refractivity contribution is -0.119. The molecule has 0 unspecified atom stereocenters. The number of anilines is 1. The zero-order valence-corrected chi connectivity index (χ0v) is 13.3. The van der Waals surface area contributed by atoms with Gasteiger partial charge in [0.25, 0.3) is 0 Å². The van der Waals surface area contributed by atoms with E-state index in [1.807, 2.05) is 48.5 Å². The largest absolute Gasteiger partial charge is 0.497 e. The van der Waals surface area contributed by atoms with Gasteiger partial charge in [-0.3, -0.25) is 4.79 Å². The van der Waals surface area contributed by atoms with E-state index in [4.69, 9.17) is 4.74 Å². The summed E-state index contributed by atoms with van der Waals surface area (Å²) in [7, 11) is 1.61. The molecule has 0 saturated heterocycles. The van der Waals surface area contributed by atoms with Crippen LogP contribution in [-0.2, 0) is 11.3 Å². The van der Waals surface area contributed by atoms with Crippen molar-refractivity contribution < 1.29 is 9.53 Å². The van der Waals surface area contributed by atoms with Crippen LogP contribution in [0.1, 0.15) is 5.56 Å². The van der Waals surface area contributed by atoms with Crippen LogP contribution in [0.4, 0.5) is 5.69 Å². The maximum absolute atomic E-state index is 11.8. The lowest BCUT2D eigenvalue weighted by Gasteiger charge is -2.10. The lowest BCUT2D eigenvalue weighted by atomic mass is 10.2. The summed E-state index contributed by atoms with van der Waals surface area (Å²) in [5.41, 5.74) is 1.90. The first-order chi connectivity index (χ1) is 10.2.